The van der Waals surface area contributed by atoms with E-state index in [-0.39, 0.29) is 18.7 Å². The molecule has 0 aromatic carbocycles. The number of nitrogens with one attached hydrogen (secondary N) is 1. The van der Waals surface area contributed by atoms with Crippen molar-refractivity contribution in [3.8, 4) is 0 Å². The van der Waals surface area contributed by atoms with Gasteiger partial charge in [-0.05, 0) is 35.0 Å². The van der Waals surface area contributed by atoms with Crippen LogP contribution in [-0.4, -0.2) is 96.5 Å². The van der Waals surface area contributed by atoms with E-state index in [4.69, 9.17) is 25.2 Å². The maximum absolute atomic E-state index is 11.7. The van der Waals surface area contributed by atoms with Crippen LogP contribution < -0.4 is 11.2 Å². The lowest BCUT2D eigenvalue weighted by Crippen LogP contribution is -2.33. The van der Waals surface area contributed by atoms with Gasteiger partial charge in [-0.15, -0.1) is 0 Å². The first-order valence-corrected chi connectivity index (χ1v) is 12.2. The van der Waals surface area contributed by atoms with Gasteiger partial charge in [0, 0.05) is 29.3 Å². The number of aromatic nitrogens is 4. The SMILES string of the molecule is COC(=O)c1nn(C2OC(CO)C(O)C2O)cc1I.Cc1cn(C2CC(N=[N+]=[N-])C(CO)O2)c(=O)[nH]c1=O. The number of hydrogen-bond donors (Lipinski definition) is 5. The van der Waals surface area contributed by atoms with Crippen molar-refractivity contribution in [2.45, 2.75) is 56.3 Å². The average molecular weight is 651 g/mol. The number of carbonyl (C=O) groups is 1. The van der Waals surface area contributed by atoms with E-state index >= 15 is 0 Å². The highest BCUT2D eigenvalue weighted by molar-refractivity contribution is 14.1. The van der Waals surface area contributed by atoms with Crippen LogP contribution in [0.5, 0.6) is 0 Å². The van der Waals surface area contributed by atoms with E-state index in [9.17, 15) is 24.6 Å². The van der Waals surface area contributed by atoms with Gasteiger partial charge in [-0.25, -0.2) is 14.3 Å². The Morgan fingerprint density at radius 3 is 2.53 bits per heavy atom. The molecule has 7 atom stereocenters. The summed E-state index contributed by atoms with van der Waals surface area (Å²) in [4.78, 5) is 39.3. The molecule has 5 N–H and O–H groups in total. The monoisotopic (exact) mass is 651 g/mol. The molecule has 7 unspecified atom stereocenters. The fourth-order valence-electron chi connectivity index (χ4n) is 3.87. The van der Waals surface area contributed by atoms with Gasteiger partial charge in [0.1, 0.15) is 24.5 Å². The van der Waals surface area contributed by atoms with Crippen molar-refractivity contribution in [1.82, 2.24) is 19.3 Å². The summed E-state index contributed by atoms with van der Waals surface area (Å²) in [5.74, 6) is -0.602. The van der Waals surface area contributed by atoms with Crippen LogP contribution in [0, 0.1) is 10.5 Å². The van der Waals surface area contributed by atoms with Crippen LogP contribution in [0.15, 0.2) is 27.1 Å². The van der Waals surface area contributed by atoms with E-state index in [0.717, 1.165) is 0 Å². The van der Waals surface area contributed by atoms with Gasteiger partial charge < -0.3 is 34.6 Å². The predicted molar refractivity (Wildman–Crippen MR) is 134 cm³/mol. The third kappa shape index (κ3) is 6.24. The van der Waals surface area contributed by atoms with Gasteiger partial charge >= 0.3 is 11.7 Å². The number of methoxy groups -OCH3 is 1. The molecule has 2 fully saturated rings. The first kappa shape index (κ1) is 29.7. The standard InChI is InChI=1S/C10H13IN2O6.C10H13N5O4/c1-18-10(17)6-4(11)2-13(12-6)9-8(16)7(15)5(3-14)19-9;1-5-3-15(10(18)12-9(5)17)8-2-6(13-14-11)7(4-16)19-8/h2,5,7-9,14-16H,3H2,1H3;3,6-8,16H,2,4H2,1H3,(H,12,17,18). The van der Waals surface area contributed by atoms with Gasteiger partial charge in [0.05, 0.1) is 36.0 Å². The van der Waals surface area contributed by atoms with E-state index in [1.165, 1.54) is 28.8 Å². The summed E-state index contributed by atoms with van der Waals surface area (Å²) in [7, 11) is 1.24. The molecule has 0 spiro atoms. The third-order valence-corrected chi connectivity index (χ3v) is 6.67. The highest BCUT2D eigenvalue weighted by Gasteiger charge is 2.44. The molecule has 208 valence electrons. The number of halogens is 1. The smallest absolute Gasteiger partial charge is 0.359 e. The number of hydrogen-bond acceptors (Lipinski definition) is 12. The van der Waals surface area contributed by atoms with Crippen molar-refractivity contribution < 1.29 is 39.4 Å². The Kier molecular flexibility index (Phi) is 10.0. The Balaban J connectivity index is 0.000000211. The second kappa shape index (κ2) is 12.8. The Morgan fingerprint density at radius 2 is 1.95 bits per heavy atom. The predicted octanol–water partition coefficient (Wildman–Crippen LogP) is -1.31. The summed E-state index contributed by atoms with van der Waals surface area (Å²) in [6, 6.07) is -0.542. The summed E-state index contributed by atoms with van der Waals surface area (Å²) in [6.45, 7) is 0.840. The number of ether oxygens (including phenoxy) is 3. The summed E-state index contributed by atoms with van der Waals surface area (Å²) in [6.07, 6.45) is -2.47. The molecule has 18 heteroatoms. The average Bonchev–Trinajstić information content (AvgIpc) is 3.57. The second-order valence-corrected chi connectivity index (χ2v) is 9.49. The quantitative estimate of drug-likeness (QED) is 0.0807. The van der Waals surface area contributed by atoms with E-state index in [1.807, 2.05) is 22.6 Å². The molecule has 4 heterocycles. The molecular weight excluding hydrogens is 625 g/mol. The minimum atomic E-state index is -1.24. The maximum Gasteiger partial charge on any atom is 0.359 e. The van der Waals surface area contributed by atoms with Crippen LogP contribution in [0.1, 0.15) is 34.9 Å². The van der Waals surface area contributed by atoms with E-state index < -0.39 is 66.7 Å². The van der Waals surface area contributed by atoms with Crippen molar-refractivity contribution in [3.63, 3.8) is 0 Å². The molecule has 0 aliphatic carbocycles. The second-order valence-electron chi connectivity index (χ2n) is 8.32. The van der Waals surface area contributed by atoms with E-state index in [0.29, 0.717) is 9.13 Å². The van der Waals surface area contributed by atoms with Crippen LogP contribution in [-0.2, 0) is 14.2 Å². The Labute approximate surface area is 227 Å². The van der Waals surface area contributed by atoms with Gasteiger partial charge in [-0.1, -0.05) is 5.11 Å². The number of carbonyl (C=O) groups excluding carboxylic acids is 1. The maximum atomic E-state index is 11.7. The lowest BCUT2D eigenvalue weighted by Gasteiger charge is -2.14. The molecule has 2 aliphatic rings. The van der Waals surface area contributed by atoms with Gasteiger partial charge in [-0.3, -0.25) is 14.3 Å². The Morgan fingerprint density at radius 1 is 1.26 bits per heavy atom. The molecule has 2 aliphatic heterocycles. The summed E-state index contributed by atoms with van der Waals surface area (Å²) in [5, 5.41) is 45.1. The Bertz CT molecular complexity index is 1310. The van der Waals surface area contributed by atoms with Crippen molar-refractivity contribution in [1.29, 1.82) is 0 Å². The van der Waals surface area contributed by atoms with Crippen LogP contribution >= 0.6 is 22.6 Å². The molecule has 0 radical (unpaired) electrons. The van der Waals surface area contributed by atoms with Gasteiger partial charge in [-0.2, -0.15) is 5.10 Å². The zero-order valence-corrected chi connectivity index (χ0v) is 22.3. The topological polar surface area (TPSA) is 247 Å². The summed E-state index contributed by atoms with van der Waals surface area (Å²) < 4.78 is 18.3. The fourth-order valence-corrected chi connectivity index (χ4v) is 4.48. The van der Waals surface area contributed by atoms with E-state index in [1.54, 1.807) is 6.92 Å². The molecule has 17 nitrogen and oxygen atoms in total. The minimum absolute atomic E-state index is 0.0980. The molecule has 0 bridgehead atoms. The van der Waals surface area contributed by atoms with Gasteiger partial charge in [0.25, 0.3) is 5.56 Å². The first-order chi connectivity index (χ1) is 18.1. The number of rotatable bonds is 6. The molecular formula is C20H26IN7O10. The van der Waals surface area contributed by atoms with Crippen molar-refractivity contribution in [3.05, 3.63) is 58.5 Å². The van der Waals surface area contributed by atoms with Crippen LogP contribution in [0.3, 0.4) is 0 Å². The lowest BCUT2D eigenvalue weighted by atomic mass is 10.1. The third-order valence-electron chi connectivity index (χ3n) is 5.88. The number of aryl methyl sites for hydroxylation is 1. The van der Waals surface area contributed by atoms with E-state index in [2.05, 4.69) is 24.8 Å². The van der Waals surface area contributed by atoms with Crippen LogP contribution in [0.4, 0.5) is 0 Å². The van der Waals surface area contributed by atoms with Crippen LogP contribution in [0.2, 0.25) is 0 Å². The summed E-state index contributed by atoms with van der Waals surface area (Å²) >= 11 is 1.90. The summed E-state index contributed by atoms with van der Waals surface area (Å²) in [5.41, 5.74) is 7.85. The molecule has 2 aromatic heterocycles. The number of aliphatic hydroxyl groups is 4. The van der Waals surface area contributed by atoms with Crippen LogP contribution in [0.25, 0.3) is 10.4 Å². The number of esters is 1. The van der Waals surface area contributed by atoms with Gasteiger partial charge in [0.2, 0.25) is 0 Å². The molecule has 38 heavy (non-hydrogen) atoms. The zero-order valence-electron chi connectivity index (χ0n) is 20.1. The lowest BCUT2D eigenvalue weighted by molar-refractivity contribution is -0.0588. The molecule has 0 saturated carbocycles. The number of nitrogens with zero attached hydrogens (tertiary/aromatic N) is 6. The molecule has 4 rings (SSSR count). The molecule has 2 saturated heterocycles. The molecule has 2 aromatic rings. The zero-order chi connectivity index (χ0) is 28.1. The van der Waals surface area contributed by atoms with Crippen molar-refractivity contribution >= 4 is 28.6 Å². The number of H-pyrrole nitrogens is 1. The number of azide groups is 1. The largest absolute Gasteiger partial charge is 0.464 e. The fraction of sp³-hybridized carbons (Fsp3) is 0.600. The normalized spacial score (nSPS) is 28.3. The van der Waals surface area contributed by atoms with Gasteiger partial charge in [0.15, 0.2) is 11.9 Å². The van der Waals surface area contributed by atoms with Crippen molar-refractivity contribution in [2.75, 3.05) is 20.3 Å². The Hall–Kier alpha value is -2.84. The minimum Gasteiger partial charge on any atom is -0.464 e. The first-order valence-electron chi connectivity index (χ1n) is 11.1. The molecule has 0 amide bonds. The highest BCUT2D eigenvalue weighted by Crippen LogP contribution is 2.30. The highest BCUT2D eigenvalue weighted by atomic mass is 127. The number of aromatic amines is 1. The number of aliphatic hydroxyl groups excluding tert-OH is 4. The van der Waals surface area contributed by atoms with Crippen molar-refractivity contribution in [2.24, 2.45) is 5.11 Å².